The molecule has 0 amide bonds. The van der Waals surface area contributed by atoms with Crippen molar-refractivity contribution in [3.8, 4) is 0 Å². The van der Waals surface area contributed by atoms with Crippen LogP contribution in [0.25, 0.3) is 0 Å². The van der Waals surface area contributed by atoms with Crippen molar-refractivity contribution < 1.29 is 13.5 Å². The molecule has 3 aliphatic rings. The van der Waals surface area contributed by atoms with Crippen LogP contribution in [0, 0.1) is 29.1 Å². The molecule has 0 radical (unpaired) electrons. The molecular formula is C21H35F2IO. The van der Waals surface area contributed by atoms with Crippen molar-refractivity contribution in [1.29, 1.82) is 0 Å². The minimum atomic E-state index is -2.44. The van der Waals surface area contributed by atoms with E-state index < -0.39 is 5.92 Å². The number of alkyl halides is 3. The molecule has 3 aliphatic carbocycles. The van der Waals surface area contributed by atoms with E-state index in [-0.39, 0.29) is 17.0 Å². The molecule has 3 saturated carbocycles. The van der Waals surface area contributed by atoms with Crippen molar-refractivity contribution in [2.45, 2.75) is 101 Å². The van der Waals surface area contributed by atoms with Gasteiger partial charge in [-0.05, 0) is 81.0 Å². The highest BCUT2D eigenvalue weighted by Gasteiger charge is 2.55. The molecule has 4 heteroatoms. The van der Waals surface area contributed by atoms with Crippen LogP contribution in [0.4, 0.5) is 8.78 Å². The lowest BCUT2D eigenvalue weighted by Crippen LogP contribution is -2.46. The summed E-state index contributed by atoms with van der Waals surface area (Å²) in [5.74, 6) is 0.0876. The third-order valence-electron chi connectivity index (χ3n) is 7.78. The Bertz CT molecular complexity index is 455. The van der Waals surface area contributed by atoms with E-state index in [2.05, 4.69) is 43.4 Å². The lowest BCUT2D eigenvalue weighted by molar-refractivity contribution is -0.0858. The quantitative estimate of drug-likeness (QED) is 0.307. The first-order valence-corrected chi connectivity index (χ1v) is 11.6. The topological polar surface area (TPSA) is 9.23 Å². The maximum Gasteiger partial charge on any atom is 0.248 e. The molecule has 3 fully saturated rings. The summed E-state index contributed by atoms with van der Waals surface area (Å²) in [7, 11) is 0. The van der Waals surface area contributed by atoms with Crippen LogP contribution < -0.4 is 0 Å². The lowest BCUT2D eigenvalue weighted by Gasteiger charge is -2.50. The van der Waals surface area contributed by atoms with Gasteiger partial charge in [-0.3, -0.25) is 0 Å². The number of ether oxygens (including phenoxy) is 1. The number of fused-ring (bicyclic) bond motifs is 3. The smallest absolute Gasteiger partial charge is 0.248 e. The van der Waals surface area contributed by atoms with Gasteiger partial charge < -0.3 is 4.74 Å². The Balaban J connectivity index is 1.76. The first-order valence-electron chi connectivity index (χ1n) is 10.4. The Morgan fingerprint density at radius 1 is 0.960 bits per heavy atom. The van der Waals surface area contributed by atoms with E-state index in [0.717, 1.165) is 24.7 Å². The maximum absolute atomic E-state index is 14.0. The molecule has 0 aromatic rings. The Morgan fingerprint density at radius 3 is 2.44 bits per heavy atom. The van der Waals surface area contributed by atoms with Gasteiger partial charge in [-0.1, -0.05) is 42.9 Å². The highest BCUT2D eigenvalue weighted by Crippen LogP contribution is 2.60. The zero-order valence-electron chi connectivity index (χ0n) is 16.1. The van der Waals surface area contributed by atoms with E-state index in [9.17, 15) is 8.78 Å². The molecular weight excluding hydrogens is 433 g/mol. The van der Waals surface area contributed by atoms with Gasteiger partial charge in [0, 0.05) is 12.8 Å². The van der Waals surface area contributed by atoms with Crippen LogP contribution in [0.5, 0.6) is 0 Å². The number of rotatable bonds is 2. The summed E-state index contributed by atoms with van der Waals surface area (Å²) in [5.41, 5.74) is 0.300. The summed E-state index contributed by atoms with van der Waals surface area (Å²) < 4.78 is 34.5. The predicted octanol–water partition coefficient (Wildman–Crippen LogP) is 7.22. The molecule has 1 nitrogen and oxygen atoms in total. The van der Waals surface area contributed by atoms with Gasteiger partial charge in [-0.2, -0.15) is 0 Å². The Labute approximate surface area is 166 Å². The second-order valence-corrected chi connectivity index (χ2v) is 11.1. The minimum absolute atomic E-state index is 0.0944. The van der Waals surface area contributed by atoms with Crippen LogP contribution in [0.2, 0.25) is 0 Å². The zero-order chi connectivity index (χ0) is 18.2. The molecule has 0 bridgehead atoms. The van der Waals surface area contributed by atoms with Gasteiger partial charge >= 0.3 is 0 Å². The van der Waals surface area contributed by atoms with Crippen molar-refractivity contribution in [1.82, 2.24) is 0 Å². The van der Waals surface area contributed by atoms with Crippen LogP contribution in [-0.4, -0.2) is 16.1 Å². The van der Waals surface area contributed by atoms with E-state index in [1.807, 2.05) is 0 Å². The van der Waals surface area contributed by atoms with Crippen molar-refractivity contribution >= 4 is 22.6 Å². The molecule has 0 aliphatic heterocycles. The Hall–Kier alpha value is 0.550. The van der Waals surface area contributed by atoms with Crippen LogP contribution >= 0.6 is 22.6 Å². The molecule has 0 aromatic carbocycles. The maximum atomic E-state index is 14.0. The van der Waals surface area contributed by atoms with Crippen LogP contribution in [-0.2, 0) is 4.74 Å². The van der Waals surface area contributed by atoms with Crippen LogP contribution in [0.1, 0.15) is 85.0 Å². The van der Waals surface area contributed by atoms with Gasteiger partial charge in [0.05, 0.1) is 6.10 Å². The Morgan fingerprint density at radius 2 is 1.72 bits per heavy atom. The molecule has 0 saturated heterocycles. The third-order valence-corrected chi connectivity index (χ3v) is 8.08. The molecule has 7 atom stereocenters. The average molecular weight is 468 g/mol. The second-order valence-electron chi connectivity index (χ2n) is 9.34. The van der Waals surface area contributed by atoms with E-state index >= 15 is 0 Å². The fourth-order valence-electron chi connectivity index (χ4n) is 6.38. The van der Waals surface area contributed by atoms with E-state index in [1.54, 1.807) is 0 Å². The lowest BCUT2D eigenvalue weighted by atomic mass is 9.56. The Kier molecular flexibility index (Phi) is 6.40. The van der Waals surface area contributed by atoms with Gasteiger partial charge in [0.25, 0.3) is 0 Å². The standard InChI is InChI=1S/C21H35F2IO/c1-14-9-13-21(22,23)11-5-4-6-17-16(14)10-12-20(3)18(17)7-8-19(20)25-15(2)24/h14-19H,4-13H2,1-3H3/t14-,15?,16?,17+,18?,19-,20-/m0/s1. The van der Waals surface area contributed by atoms with Crippen molar-refractivity contribution in [2.75, 3.05) is 0 Å². The molecule has 146 valence electrons. The molecule has 0 spiro atoms. The molecule has 0 heterocycles. The van der Waals surface area contributed by atoms with Crippen molar-refractivity contribution in [3.63, 3.8) is 0 Å². The van der Waals surface area contributed by atoms with Gasteiger partial charge in [-0.25, -0.2) is 8.78 Å². The summed E-state index contributed by atoms with van der Waals surface area (Å²) in [5, 5.41) is 0. The fourth-order valence-corrected chi connectivity index (χ4v) is 6.74. The zero-order valence-corrected chi connectivity index (χ0v) is 18.2. The predicted molar refractivity (Wildman–Crippen MR) is 107 cm³/mol. The summed E-state index contributed by atoms with van der Waals surface area (Å²) >= 11 is 2.37. The van der Waals surface area contributed by atoms with Gasteiger partial charge in [0.15, 0.2) is 0 Å². The summed E-state index contributed by atoms with van der Waals surface area (Å²) in [4.78, 5) is 0. The fraction of sp³-hybridized carbons (Fsp3) is 1.00. The number of halogens is 3. The van der Waals surface area contributed by atoms with Crippen molar-refractivity contribution in [2.24, 2.45) is 29.1 Å². The van der Waals surface area contributed by atoms with E-state index in [0.29, 0.717) is 36.2 Å². The van der Waals surface area contributed by atoms with Crippen LogP contribution in [0.3, 0.4) is 0 Å². The molecule has 3 unspecified atom stereocenters. The summed E-state index contributed by atoms with van der Waals surface area (Å²) in [6.07, 6.45) is 8.98. The highest BCUT2D eigenvalue weighted by atomic mass is 127. The largest absolute Gasteiger partial charge is 0.364 e. The number of hydrogen-bond donors (Lipinski definition) is 0. The number of hydrogen-bond acceptors (Lipinski definition) is 1. The van der Waals surface area contributed by atoms with Gasteiger partial charge in [0.1, 0.15) is 4.11 Å². The average Bonchev–Trinajstić information content (AvgIpc) is 2.85. The molecule has 0 N–H and O–H groups in total. The second kappa shape index (κ2) is 7.89. The van der Waals surface area contributed by atoms with Gasteiger partial charge in [-0.15, -0.1) is 0 Å². The summed E-state index contributed by atoms with van der Waals surface area (Å²) in [6, 6.07) is 0. The third kappa shape index (κ3) is 4.35. The van der Waals surface area contributed by atoms with Crippen molar-refractivity contribution in [3.05, 3.63) is 0 Å². The first-order chi connectivity index (χ1) is 11.7. The van der Waals surface area contributed by atoms with E-state index in [4.69, 9.17) is 4.74 Å². The molecule has 25 heavy (non-hydrogen) atoms. The van der Waals surface area contributed by atoms with E-state index in [1.165, 1.54) is 25.7 Å². The SMILES string of the molecule is CC(I)O[C@H]1CCC2[C@@H]3CCCCC(F)(F)CC[C@H](C)C3CC[C@@]21C. The highest BCUT2D eigenvalue weighted by molar-refractivity contribution is 14.1. The minimum Gasteiger partial charge on any atom is -0.364 e. The normalized spacial score (nSPS) is 46.1. The molecule has 3 rings (SSSR count). The first kappa shape index (κ1) is 20.3. The van der Waals surface area contributed by atoms with Crippen LogP contribution in [0.15, 0.2) is 0 Å². The monoisotopic (exact) mass is 468 g/mol. The molecule has 0 aromatic heterocycles. The summed E-state index contributed by atoms with van der Waals surface area (Å²) in [6.45, 7) is 6.84. The van der Waals surface area contributed by atoms with Gasteiger partial charge in [0.2, 0.25) is 5.92 Å².